The summed E-state index contributed by atoms with van der Waals surface area (Å²) in [5.41, 5.74) is 0. The topological polar surface area (TPSA) is 169 Å². The third kappa shape index (κ3) is 32.8. The standard InChI is InChI=1S/C50H80NO11P/c1-6-8-10-11-12-13-14-15-16-17-18-19-20-21-22-23-24-25-31-35-50(56)62-44(42-61-63(57,58)60-39-38-51(3,4)5)41-59-49(55)34-30-27-26-29-33-45-46(48(54)40-47(45)53)37-36-43(52)32-28-9-7-2/h8,10,12-13,15-16,18-19,21-22,24-26,29,36-37,43-47,52-53H,6-7,9,11,14,17,20,23,27-28,30-35,38-42H2,1-5H3/b10-8-,13-12-,16-15-,19-18-,22-21-,25-24-,29-26-,37-36+/t43-,44+,45+,46+,47-/m0/s1. The molecule has 0 aromatic heterocycles. The average molecular weight is 902 g/mol. The lowest BCUT2D eigenvalue weighted by Gasteiger charge is -2.28. The number of likely N-dealkylation sites (N-methyl/N-ethyl adjacent to an activating group) is 1. The number of quaternary nitrogens is 1. The second kappa shape index (κ2) is 35.8. The van der Waals surface area contributed by atoms with E-state index in [1.165, 1.54) is 0 Å². The first-order chi connectivity index (χ1) is 30.2. The minimum absolute atomic E-state index is 0.0367. The lowest BCUT2D eigenvalue weighted by atomic mass is 9.90. The molecule has 0 heterocycles. The number of phosphoric ester groups is 1. The number of ether oxygens (including phenoxy) is 2. The number of allylic oxidation sites excluding steroid dienone is 15. The number of hydrogen-bond donors (Lipinski definition) is 2. The molecular formula is C50H80NO11P. The van der Waals surface area contributed by atoms with E-state index in [0.717, 1.165) is 51.4 Å². The van der Waals surface area contributed by atoms with Crippen molar-refractivity contribution in [1.29, 1.82) is 0 Å². The van der Waals surface area contributed by atoms with Gasteiger partial charge in [-0.15, -0.1) is 0 Å². The van der Waals surface area contributed by atoms with Gasteiger partial charge in [-0.3, -0.25) is 18.9 Å². The smallest absolute Gasteiger partial charge is 0.306 e. The normalized spacial score (nSPS) is 19.7. The zero-order chi connectivity index (χ0) is 46.6. The van der Waals surface area contributed by atoms with Gasteiger partial charge in [0, 0.05) is 31.1 Å². The lowest BCUT2D eigenvalue weighted by Crippen LogP contribution is -2.37. The summed E-state index contributed by atoms with van der Waals surface area (Å²) in [7, 11) is 0.955. The van der Waals surface area contributed by atoms with E-state index in [0.29, 0.717) is 49.6 Å². The van der Waals surface area contributed by atoms with E-state index in [9.17, 15) is 34.1 Å². The van der Waals surface area contributed by atoms with E-state index >= 15 is 0 Å². The summed E-state index contributed by atoms with van der Waals surface area (Å²) in [5.74, 6) is -1.91. The summed E-state index contributed by atoms with van der Waals surface area (Å²) >= 11 is 0. The number of aliphatic hydroxyl groups is 2. The largest absolute Gasteiger partial charge is 0.756 e. The number of unbranched alkanes of at least 4 members (excludes halogenated alkanes) is 3. The fraction of sp³-hybridized carbons (Fsp3) is 0.620. The van der Waals surface area contributed by atoms with E-state index in [1.54, 1.807) is 12.2 Å². The molecule has 13 heteroatoms. The van der Waals surface area contributed by atoms with Gasteiger partial charge in [0.15, 0.2) is 6.10 Å². The first kappa shape index (κ1) is 57.5. The van der Waals surface area contributed by atoms with E-state index in [-0.39, 0.29) is 37.6 Å². The number of carbonyl (C=O) groups excluding carboxylic acids is 3. The van der Waals surface area contributed by atoms with Crippen molar-refractivity contribution in [2.24, 2.45) is 11.8 Å². The van der Waals surface area contributed by atoms with E-state index in [1.807, 2.05) is 45.4 Å². The Hall–Kier alpha value is -3.48. The molecular weight excluding hydrogens is 822 g/mol. The molecule has 1 aliphatic carbocycles. The maximum atomic E-state index is 12.7. The molecule has 356 valence electrons. The predicted octanol–water partition coefficient (Wildman–Crippen LogP) is 9.31. The molecule has 1 unspecified atom stereocenters. The first-order valence-corrected chi connectivity index (χ1v) is 24.5. The minimum Gasteiger partial charge on any atom is -0.756 e. The number of esters is 2. The van der Waals surface area contributed by atoms with Gasteiger partial charge in [0.2, 0.25) is 0 Å². The molecule has 0 saturated heterocycles. The molecule has 0 bridgehead atoms. The van der Waals surface area contributed by atoms with Crippen LogP contribution < -0.4 is 4.89 Å². The average Bonchev–Trinajstić information content (AvgIpc) is 3.50. The number of hydrogen-bond acceptors (Lipinski definition) is 11. The lowest BCUT2D eigenvalue weighted by molar-refractivity contribution is -0.870. The molecule has 0 spiro atoms. The van der Waals surface area contributed by atoms with Crippen LogP contribution in [0, 0.1) is 11.8 Å². The van der Waals surface area contributed by atoms with Crippen LogP contribution >= 0.6 is 7.82 Å². The van der Waals surface area contributed by atoms with E-state index in [4.69, 9.17) is 18.5 Å². The number of phosphoric acid groups is 1. The van der Waals surface area contributed by atoms with Crippen LogP contribution in [-0.4, -0.2) is 98.2 Å². The number of nitrogens with zero attached hydrogens (tertiary/aromatic N) is 1. The molecule has 12 nitrogen and oxygen atoms in total. The summed E-state index contributed by atoms with van der Waals surface area (Å²) < 4.78 is 33.7. The Balaban J connectivity index is 2.55. The van der Waals surface area contributed by atoms with Gasteiger partial charge in [-0.25, -0.2) is 0 Å². The molecule has 0 radical (unpaired) electrons. The third-order valence-corrected chi connectivity index (χ3v) is 10.9. The van der Waals surface area contributed by atoms with Gasteiger partial charge in [0.1, 0.15) is 25.5 Å². The number of aliphatic hydroxyl groups excluding tert-OH is 2. The Labute approximate surface area is 379 Å². The summed E-state index contributed by atoms with van der Waals surface area (Å²) in [4.78, 5) is 50.3. The molecule has 0 aromatic rings. The molecule has 1 rings (SSSR count). The van der Waals surface area contributed by atoms with Gasteiger partial charge >= 0.3 is 11.9 Å². The van der Waals surface area contributed by atoms with Crippen molar-refractivity contribution in [1.82, 2.24) is 0 Å². The van der Waals surface area contributed by atoms with Crippen molar-refractivity contribution < 1.29 is 57.1 Å². The monoisotopic (exact) mass is 902 g/mol. The number of Topliss-reactive ketones (excluding diaryl/α,β-unsaturated/α-hetero) is 1. The highest BCUT2D eigenvalue weighted by Gasteiger charge is 2.39. The van der Waals surface area contributed by atoms with Crippen molar-refractivity contribution in [2.45, 2.75) is 141 Å². The highest BCUT2D eigenvalue weighted by molar-refractivity contribution is 7.45. The molecule has 0 amide bonds. The second-order valence-corrected chi connectivity index (χ2v) is 18.2. The Morgan fingerprint density at radius 2 is 1.37 bits per heavy atom. The van der Waals surface area contributed by atoms with Gasteiger partial charge < -0.3 is 38.1 Å². The molecule has 1 aliphatic rings. The van der Waals surface area contributed by atoms with Gasteiger partial charge in [-0.05, 0) is 70.6 Å². The molecule has 6 atom stereocenters. The van der Waals surface area contributed by atoms with E-state index < -0.39 is 57.2 Å². The first-order valence-electron chi connectivity index (χ1n) is 23.0. The summed E-state index contributed by atoms with van der Waals surface area (Å²) in [6.07, 6.45) is 41.1. The molecule has 1 fully saturated rings. The maximum absolute atomic E-state index is 12.7. The van der Waals surface area contributed by atoms with Crippen LogP contribution in [0.1, 0.15) is 123 Å². The number of ketones is 1. The summed E-state index contributed by atoms with van der Waals surface area (Å²) in [6, 6.07) is 0. The fourth-order valence-corrected chi connectivity index (χ4v) is 7.04. The fourth-order valence-electron chi connectivity index (χ4n) is 6.31. The summed E-state index contributed by atoms with van der Waals surface area (Å²) in [5, 5.41) is 20.7. The Morgan fingerprint density at radius 1 is 0.778 bits per heavy atom. The zero-order valence-electron chi connectivity index (χ0n) is 38.9. The Bertz CT molecular complexity index is 1550. The molecule has 0 aliphatic heterocycles. The second-order valence-electron chi connectivity index (χ2n) is 16.8. The highest BCUT2D eigenvalue weighted by Crippen LogP contribution is 2.38. The SMILES string of the molecule is CC/C=C\C/C=C\C/C=C\C/C=C\C/C=C\C/C=C\CCC(=O)O[C@H](COC(=O)CCC/C=C\C[C@H]1[C@@H](O)CC(=O)[C@@H]1/C=C/[C@@H](O)CCCCC)COP(=O)([O-])OCC[N+](C)(C)C. The van der Waals surface area contributed by atoms with E-state index in [2.05, 4.69) is 74.6 Å². The molecule has 0 aromatic carbocycles. The number of carbonyl (C=O) groups is 3. The Kier molecular flexibility index (Phi) is 32.7. The van der Waals surface area contributed by atoms with Crippen LogP contribution in [0.4, 0.5) is 0 Å². The van der Waals surface area contributed by atoms with Crippen molar-refractivity contribution in [3.05, 3.63) is 97.2 Å². The zero-order valence-corrected chi connectivity index (χ0v) is 39.8. The van der Waals surface area contributed by atoms with Crippen LogP contribution in [0.15, 0.2) is 97.2 Å². The van der Waals surface area contributed by atoms with Gasteiger partial charge in [-0.1, -0.05) is 130 Å². The Morgan fingerprint density at radius 3 is 1.95 bits per heavy atom. The number of rotatable bonds is 36. The van der Waals surface area contributed by atoms with Crippen molar-refractivity contribution in [3.63, 3.8) is 0 Å². The molecule has 63 heavy (non-hydrogen) atoms. The van der Waals surface area contributed by atoms with Crippen molar-refractivity contribution in [2.75, 3.05) is 47.5 Å². The molecule has 2 N–H and O–H groups in total. The molecule has 1 saturated carbocycles. The van der Waals surface area contributed by atoms with Crippen LogP contribution in [0.2, 0.25) is 0 Å². The van der Waals surface area contributed by atoms with Crippen LogP contribution in [0.3, 0.4) is 0 Å². The van der Waals surface area contributed by atoms with Gasteiger partial charge in [-0.2, -0.15) is 0 Å². The van der Waals surface area contributed by atoms with Gasteiger partial charge in [0.25, 0.3) is 7.82 Å². The van der Waals surface area contributed by atoms with Crippen LogP contribution in [0.5, 0.6) is 0 Å². The van der Waals surface area contributed by atoms with Gasteiger partial charge in [0.05, 0.1) is 40.0 Å². The van der Waals surface area contributed by atoms with Crippen LogP contribution in [0.25, 0.3) is 0 Å². The summed E-state index contributed by atoms with van der Waals surface area (Å²) in [6.45, 7) is 3.58. The third-order valence-electron chi connectivity index (χ3n) is 9.98. The van der Waals surface area contributed by atoms with Crippen molar-refractivity contribution >= 4 is 25.5 Å². The van der Waals surface area contributed by atoms with Crippen molar-refractivity contribution in [3.8, 4) is 0 Å². The predicted molar refractivity (Wildman–Crippen MR) is 250 cm³/mol. The highest BCUT2D eigenvalue weighted by atomic mass is 31.2. The maximum Gasteiger partial charge on any atom is 0.306 e. The quantitative estimate of drug-likeness (QED) is 0.0202. The minimum atomic E-state index is -4.72. The van der Waals surface area contributed by atoms with Crippen LogP contribution in [-0.2, 0) is 37.5 Å².